The summed E-state index contributed by atoms with van der Waals surface area (Å²) < 4.78 is 40.2. The van der Waals surface area contributed by atoms with Crippen LogP contribution in [0.5, 0.6) is 0 Å². The van der Waals surface area contributed by atoms with Gasteiger partial charge in [0.05, 0.1) is 0 Å². The predicted octanol–water partition coefficient (Wildman–Crippen LogP) is 1.91. The molecule has 0 saturated carbocycles. The lowest BCUT2D eigenvalue weighted by Crippen LogP contribution is -2.39. The van der Waals surface area contributed by atoms with Gasteiger partial charge in [-0.3, -0.25) is 0 Å². The van der Waals surface area contributed by atoms with Crippen molar-refractivity contribution in [3.8, 4) is 0 Å². The second-order valence-corrected chi connectivity index (χ2v) is 4.71. The molecule has 0 aliphatic carbocycles. The first-order valence-electron chi connectivity index (χ1n) is 3.41. The molecule has 1 unspecified atom stereocenters. The lowest BCUT2D eigenvalue weighted by Gasteiger charge is -2.20. The van der Waals surface area contributed by atoms with E-state index in [1.54, 1.807) is 0 Å². The van der Waals surface area contributed by atoms with E-state index in [2.05, 4.69) is 9.47 Å². The normalized spacial score (nSPS) is 14.1. The van der Waals surface area contributed by atoms with E-state index in [0.29, 0.717) is 0 Å². The Morgan fingerprint density at radius 3 is 2.12 bits per heavy atom. The molecular formula is C6H3Cl3F3O4. The topological polar surface area (TPSA) is 52.6 Å². The lowest BCUT2D eigenvalue weighted by molar-refractivity contribution is -0.191. The van der Waals surface area contributed by atoms with Gasteiger partial charge in [-0.05, 0) is 0 Å². The molecule has 16 heavy (non-hydrogen) atoms. The third-order valence-electron chi connectivity index (χ3n) is 1.06. The molecule has 1 radical (unpaired) electrons. The molecule has 0 rings (SSSR count). The zero-order chi connectivity index (χ0) is 13.0. The van der Waals surface area contributed by atoms with Crippen LogP contribution in [0.15, 0.2) is 0 Å². The van der Waals surface area contributed by atoms with Crippen LogP contribution in [0.4, 0.5) is 13.2 Å². The number of esters is 1. The second kappa shape index (κ2) is 5.79. The summed E-state index contributed by atoms with van der Waals surface area (Å²) in [6.07, 6.45) is -6.85. The summed E-state index contributed by atoms with van der Waals surface area (Å²) in [5.74, 6) is -1.64. The number of hydrogen-bond donors (Lipinski definition) is 0. The smallest absolute Gasteiger partial charge is 0.422 e. The summed E-state index contributed by atoms with van der Waals surface area (Å²) in [5.41, 5.74) is 0. The Hall–Kier alpha value is -0.400. The van der Waals surface area contributed by atoms with Gasteiger partial charge in [0.1, 0.15) is 0 Å². The van der Waals surface area contributed by atoms with Crippen molar-refractivity contribution in [1.29, 1.82) is 0 Å². The van der Waals surface area contributed by atoms with Gasteiger partial charge < -0.3 is 9.47 Å². The Morgan fingerprint density at radius 1 is 1.31 bits per heavy atom. The van der Waals surface area contributed by atoms with Crippen molar-refractivity contribution in [3.63, 3.8) is 0 Å². The van der Waals surface area contributed by atoms with Gasteiger partial charge in [-0.2, -0.15) is 13.2 Å². The lowest BCUT2D eigenvalue weighted by atomic mass is 10.4. The van der Waals surface area contributed by atoms with Crippen LogP contribution in [0.3, 0.4) is 0 Å². The molecule has 0 heterocycles. The largest absolute Gasteiger partial charge is 0.453 e. The molecule has 0 aromatic rings. The van der Waals surface area contributed by atoms with E-state index in [1.165, 1.54) is 0 Å². The Labute approximate surface area is 103 Å². The van der Waals surface area contributed by atoms with Crippen LogP contribution in [0, 0.1) is 0 Å². The van der Waals surface area contributed by atoms with Gasteiger partial charge in [0, 0.05) is 0 Å². The minimum atomic E-state index is -4.74. The van der Waals surface area contributed by atoms with Crippen molar-refractivity contribution in [1.82, 2.24) is 0 Å². The molecule has 4 nitrogen and oxygen atoms in total. The Kier molecular flexibility index (Phi) is 5.64. The van der Waals surface area contributed by atoms with Crippen molar-refractivity contribution in [2.75, 3.05) is 6.61 Å². The summed E-state index contributed by atoms with van der Waals surface area (Å²) in [5, 5.41) is 0. The summed E-state index contributed by atoms with van der Waals surface area (Å²) in [7, 11) is 0. The first-order valence-corrected chi connectivity index (χ1v) is 4.54. The Balaban J connectivity index is 4.46. The van der Waals surface area contributed by atoms with Crippen molar-refractivity contribution in [2.24, 2.45) is 0 Å². The third kappa shape index (κ3) is 6.24. The number of carbonyl (C=O) groups is 1. The number of alkyl halides is 6. The van der Waals surface area contributed by atoms with E-state index in [1.807, 2.05) is 0 Å². The molecule has 0 N–H and O–H groups in total. The summed E-state index contributed by atoms with van der Waals surface area (Å²) in [4.78, 5) is 20.8. The maximum Gasteiger partial charge on any atom is 0.422 e. The SMILES string of the molecule is O=[C]OC(C(=O)OCC(F)(F)F)C(Cl)(Cl)Cl. The minimum Gasteiger partial charge on any atom is -0.453 e. The summed E-state index contributed by atoms with van der Waals surface area (Å²) in [6, 6.07) is 0. The van der Waals surface area contributed by atoms with Crippen LogP contribution in [-0.2, 0) is 19.1 Å². The quantitative estimate of drug-likeness (QED) is 0.588. The highest BCUT2D eigenvalue weighted by molar-refractivity contribution is 6.68. The molecular weight excluding hydrogens is 299 g/mol. The molecule has 0 bridgehead atoms. The predicted molar refractivity (Wildman–Crippen MR) is 47.9 cm³/mol. The first kappa shape index (κ1) is 15.6. The summed E-state index contributed by atoms with van der Waals surface area (Å²) in [6.45, 7) is -1.12. The van der Waals surface area contributed by atoms with Gasteiger partial charge in [-0.1, -0.05) is 34.8 Å². The molecule has 10 heteroatoms. The highest BCUT2D eigenvalue weighted by Gasteiger charge is 2.43. The highest BCUT2D eigenvalue weighted by atomic mass is 35.6. The molecule has 93 valence electrons. The molecule has 0 amide bonds. The minimum absolute atomic E-state index is 0.767. The molecule has 0 aliphatic rings. The molecule has 0 aromatic carbocycles. The van der Waals surface area contributed by atoms with Crippen LogP contribution in [0.1, 0.15) is 0 Å². The van der Waals surface area contributed by atoms with Crippen LogP contribution >= 0.6 is 34.8 Å². The standard InChI is InChI=1S/C6H3Cl3F3O4/c7-6(8,9)3(16-2-13)4(14)15-1-5(10,11)12/h3H,1H2. The van der Waals surface area contributed by atoms with Gasteiger partial charge >= 0.3 is 18.6 Å². The van der Waals surface area contributed by atoms with E-state index >= 15 is 0 Å². The first-order chi connectivity index (χ1) is 7.08. The number of hydrogen-bond acceptors (Lipinski definition) is 4. The molecule has 0 aromatic heterocycles. The maximum absolute atomic E-state index is 11.7. The average molecular weight is 302 g/mol. The fourth-order valence-electron chi connectivity index (χ4n) is 0.525. The van der Waals surface area contributed by atoms with Crippen LogP contribution in [0.2, 0.25) is 0 Å². The van der Waals surface area contributed by atoms with Gasteiger partial charge in [-0.25, -0.2) is 9.59 Å². The average Bonchev–Trinajstić information content (AvgIpc) is 2.07. The fraction of sp³-hybridized carbons (Fsp3) is 0.667. The molecule has 0 aliphatic heterocycles. The van der Waals surface area contributed by atoms with E-state index in [0.717, 1.165) is 6.47 Å². The van der Waals surface area contributed by atoms with E-state index in [4.69, 9.17) is 34.8 Å². The van der Waals surface area contributed by atoms with Gasteiger partial charge in [-0.15, -0.1) is 0 Å². The summed E-state index contributed by atoms with van der Waals surface area (Å²) >= 11 is 15.5. The molecule has 0 spiro atoms. The molecule has 0 saturated heterocycles. The number of carbonyl (C=O) groups excluding carboxylic acids is 2. The number of halogens is 6. The maximum atomic E-state index is 11.7. The fourth-order valence-corrected chi connectivity index (χ4v) is 0.926. The molecule has 1 atom stereocenters. The van der Waals surface area contributed by atoms with Gasteiger partial charge in [0.15, 0.2) is 6.61 Å². The van der Waals surface area contributed by atoms with Crippen molar-refractivity contribution in [2.45, 2.75) is 16.1 Å². The van der Waals surface area contributed by atoms with E-state index < -0.39 is 28.6 Å². The Bertz CT molecular complexity index is 263. The van der Waals surface area contributed by atoms with Crippen molar-refractivity contribution in [3.05, 3.63) is 0 Å². The van der Waals surface area contributed by atoms with Crippen molar-refractivity contribution >= 4 is 47.2 Å². The van der Waals surface area contributed by atoms with Crippen LogP contribution < -0.4 is 0 Å². The zero-order valence-corrected chi connectivity index (χ0v) is 9.45. The molecule has 0 fully saturated rings. The zero-order valence-electron chi connectivity index (χ0n) is 7.19. The van der Waals surface area contributed by atoms with Gasteiger partial charge in [0.2, 0.25) is 9.90 Å². The van der Waals surface area contributed by atoms with E-state index in [-0.39, 0.29) is 0 Å². The van der Waals surface area contributed by atoms with E-state index in [9.17, 15) is 22.8 Å². The number of rotatable bonds is 4. The van der Waals surface area contributed by atoms with Gasteiger partial charge in [0.25, 0.3) is 0 Å². The van der Waals surface area contributed by atoms with Crippen LogP contribution in [0.25, 0.3) is 0 Å². The Morgan fingerprint density at radius 2 is 1.81 bits per heavy atom. The number of ether oxygens (including phenoxy) is 2. The third-order valence-corrected chi connectivity index (χ3v) is 1.65. The van der Waals surface area contributed by atoms with Crippen molar-refractivity contribution < 1.29 is 32.2 Å². The highest BCUT2D eigenvalue weighted by Crippen LogP contribution is 2.33. The van der Waals surface area contributed by atoms with Crippen LogP contribution in [-0.4, -0.2) is 35.1 Å². The monoisotopic (exact) mass is 301 g/mol. The second-order valence-electron chi connectivity index (χ2n) is 2.35.